The van der Waals surface area contributed by atoms with Crippen molar-refractivity contribution < 1.29 is 9.90 Å². The van der Waals surface area contributed by atoms with E-state index in [4.69, 9.17) is 5.11 Å². The number of rotatable bonds is 7. The Kier molecular flexibility index (Phi) is 6.83. The Morgan fingerprint density at radius 3 is 2.22 bits per heavy atom. The Bertz CT molecular complexity index is 361. The van der Waals surface area contributed by atoms with Crippen molar-refractivity contribution in [2.75, 3.05) is 18.8 Å². The molecule has 1 rings (SSSR count). The third-order valence-corrected chi connectivity index (χ3v) is 3.80. The largest absolute Gasteiger partial charge is 0.392 e. The maximum absolute atomic E-state index is 11.8. The average Bonchev–Trinajstić information content (AvgIpc) is 2.41. The molecule has 0 atom stereocenters. The summed E-state index contributed by atoms with van der Waals surface area (Å²) >= 11 is 1.63. The van der Waals surface area contributed by atoms with Crippen LogP contribution in [0.4, 0.5) is 0 Å². The van der Waals surface area contributed by atoms with Gasteiger partial charge in [0.2, 0.25) is 5.91 Å². The molecule has 3 nitrogen and oxygen atoms in total. The van der Waals surface area contributed by atoms with Crippen LogP contribution in [0.1, 0.15) is 25.0 Å². The highest BCUT2D eigenvalue weighted by Gasteiger charge is 2.08. The first-order valence-electron chi connectivity index (χ1n) is 6.25. The van der Waals surface area contributed by atoms with Gasteiger partial charge in [-0.25, -0.2) is 0 Å². The van der Waals surface area contributed by atoms with Gasteiger partial charge in [-0.05, 0) is 25.0 Å². The number of benzene rings is 1. The predicted octanol–water partition coefficient (Wildman–Crippen LogP) is 2.28. The Morgan fingerprint density at radius 1 is 1.17 bits per heavy atom. The first-order chi connectivity index (χ1) is 8.71. The highest BCUT2D eigenvalue weighted by molar-refractivity contribution is 7.99. The van der Waals surface area contributed by atoms with E-state index in [-0.39, 0.29) is 12.5 Å². The number of hydrogen-bond acceptors (Lipinski definition) is 3. The van der Waals surface area contributed by atoms with Crippen LogP contribution >= 0.6 is 11.8 Å². The van der Waals surface area contributed by atoms with Crippen LogP contribution in [0.2, 0.25) is 0 Å². The molecular formula is C14H21NO2S. The molecule has 1 amide bonds. The Balaban J connectivity index is 2.34. The molecule has 0 aliphatic heterocycles. The number of aliphatic hydroxyl groups excluding tert-OH is 1. The van der Waals surface area contributed by atoms with E-state index < -0.39 is 0 Å². The van der Waals surface area contributed by atoms with Crippen LogP contribution in [0.5, 0.6) is 0 Å². The highest BCUT2D eigenvalue weighted by Crippen LogP contribution is 2.13. The van der Waals surface area contributed by atoms with Crippen LogP contribution in [0.25, 0.3) is 0 Å². The fraction of sp³-hybridized carbons (Fsp3) is 0.500. The molecule has 1 N–H and O–H groups in total. The van der Waals surface area contributed by atoms with Crippen LogP contribution < -0.4 is 0 Å². The van der Waals surface area contributed by atoms with Gasteiger partial charge in [0, 0.05) is 18.8 Å². The predicted molar refractivity (Wildman–Crippen MR) is 76.5 cm³/mol. The third kappa shape index (κ3) is 4.70. The highest BCUT2D eigenvalue weighted by atomic mass is 32.2. The second kappa shape index (κ2) is 8.16. The fourth-order valence-electron chi connectivity index (χ4n) is 1.66. The molecule has 1 aromatic rings. The summed E-state index contributed by atoms with van der Waals surface area (Å²) in [4.78, 5) is 13.6. The van der Waals surface area contributed by atoms with Crippen LogP contribution in [-0.4, -0.2) is 34.8 Å². The van der Waals surface area contributed by atoms with Crippen molar-refractivity contribution in [2.45, 2.75) is 26.2 Å². The lowest BCUT2D eigenvalue weighted by Gasteiger charge is -2.18. The molecule has 0 radical (unpaired) electrons. The zero-order valence-electron chi connectivity index (χ0n) is 11.1. The third-order valence-electron chi connectivity index (χ3n) is 2.82. The quantitative estimate of drug-likeness (QED) is 0.824. The summed E-state index contributed by atoms with van der Waals surface area (Å²) in [5.41, 5.74) is 2.10. The van der Waals surface area contributed by atoms with Gasteiger partial charge in [-0.1, -0.05) is 24.3 Å². The average molecular weight is 267 g/mol. The first-order valence-corrected chi connectivity index (χ1v) is 7.40. The zero-order valence-corrected chi connectivity index (χ0v) is 11.9. The molecular weight excluding hydrogens is 246 g/mol. The smallest absolute Gasteiger partial charge is 0.232 e. The molecule has 0 spiro atoms. The number of amides is 1. The molecule has 0 aromatic heterocycles. The summed E-state index contributed by atoms with van der Waals surface area (Å²) in [6.07, 6.45) is 0. The molecule has 1 aromatic carbocycles. The van der Waals surface area contributed by atoms with Gasteiger partial charge in [-0.15, -0.1) is 11.8 Å². The molecule has 100 valence electrons. The van der Waals surface area contributed by atoms with E-state index in [0.717, 1.165) is 24.4 Å². The Morgan fingerprint density at radius 2 is 1.72 bits per heavy atom. The Hall–Kier alpha value is -1.00. The van der Waals surface area contributed by atoms with E-state index in [0.29, 0.717) is 5.75 Å². The molecule has 18 heavy (non-hydrogen) atoms. The number of carbonyl (C=O) groups excluding carboxylic acids is 1. The molecule has 0 aliphatic carbocycles. The normalized spacial score (nSPS) is 10.4. The molecule has 0 saturated heterocycles. The van der Waals surface area contributed by atoms with Crippen molar-refractivity contribution in [1.29, 1.82) is 0 Å². The number of thioether (sulfide) groups is 1. The lowest BCUT2D eigenvalue weighted by molar-refractivity contribution is -0.127. The fourth-order valence-corrected chi connectivity index (χ4v) is 2.55. The lowest BCUT2D eigenvalue weighted by Crippen LogP contribution is -2.31. The van der Waals surface area contributed by atoms with Crippen LogP contribution in [-0.2, 0) is 17.2 Å². The van der Waals surface area contributed by atoms with Crippen molar-refractivity contribution in [3.05, 3.63) is 35.4 Å². The molecule has 0 fully saturated rings. The van der Waals surface area contributed by atoms with Crippen LogP contribution in [0.3, 0.4) is 0 Å². The van der Waals surface area contributed by atoms with E-state index in [1.807, 2.05) is 43.0 Å². The summed E-state index contributed by atoms with van der Waals surface area (Å²) in [5, 5.41) is 8.94. The van der Waals surface area contributed by atoms with Gasteiger partial charge in [0.05, 0.1) is 12.4 Å². The van der Waals surface area contributed by atoms with Gasteiger partial charge in [0.15, 0.2) is 0 Å². The zero-order chi connectivity index (χ0) is 13.4. The van der Waals surface area contributed by atoms with Crippen molar-refractivity contribution >= 4 is 17.7 Å². The minimum absolute atomic E-state index is 0.0773. The van der Waals surface area contributed by atoms with Gasteiger partial charge in [0.25, 0.3) is 0 Å². The van der Waals surface area contributed by atoms with E-state index >= 15 is 0 Å². The second-order valence-corrected chi connectivity index (χ2v) is 5.02. The molecule has 4 heteroatoms. The summed E-state index contributed by atoms with van der Waals surface area (Å²) in [6, 6.07) is 7.84. The molecule has 0 heterocycles. The summed E-state index contributed by atoms with van der Waals surface area (Å²) in [6.45, 7) is 5.63. The van der Waals surface area contributed by atoms with Gasteiger partial charge < -0.3 is 10.0 Å². The van der Waals surface area contributed by atoms with E-state index in [2.05, 4.69) is 0 Å². The maximum Gasteiger partial charge on any atom is 0.232 e. The SMILES string of the molecule is CCN(CC)C(=O)CSCc1ccc(CO)cc1. The van der Waals surface area contributed by atoms with Gasteiger partial charge in [-0.3, -0.25) is 4.79 Å². The maximum atomic E-state index is 11.8. The number of aliphatic hydroxyl groups is 1. The first kappa shape index (κ1) is 15.1. The minimum atomic E-state index is 0.0773. The summed E-state index contributed by atoms with van der Waals surface area (Å²) in [5.74, 6) is 1.57. The number of hydrogen-bond donors (Lipinski definition) is 1. The lowest BCUT2D eigenvalue weighted by atomic mass is 10.2. The monoisotopic (exact) mass is 267 g/mol. The van der Waals surface area contributed by atoms with Crippen LogP contribution in [0.15, 0.2) is 24.3 Å². The molecule has 0 bridgehead atoms. The number of nitrogens with zero attached hydrogens (tertiary/aromatic N) is 1. The standard InChI is InChI=1S/C14H21NO2S/c1-3-15(4-2)14(17)11-18-10-13-7-5-12(9-16)6-8-13/h5-8,16H,3-4,9-11H2,1-2H3. The summed E-state index contributed by atoms with van der Waals surface area (Å²) in [7, 11) is 0. The topological polar surface area (TPSA) is 40.5 Å². The molecule has 0 saturated carbocycles. The molecule has 0 unspecified atom stereocenters. The van der Waals surface area contributed by atoms with Gasteiger partial charge >= 0.3 is 0 Å². The van der Waals surface area contributed by atoms with Gasteiger partial charge in [0.1, 0.15) is 0 Å². The molecule has 0 aliphatic rings. The van der Waals surface area contributed by atoms with E-state index in [9.17, 15) is 4.79 Å². The van der Waals surface area contributed by atoms with Gasteiger partial charge in [-0.2, -0.15) is 0 Å². The number of carbonyl (C=O) groups is 1. The Labute approximate surface area is 113 Å². The van der Waals surface area contributed by atoms with E-state index in [1.165, 1.54) is 5.56 Å². The van der Waals surface area contributed by atoms with Crippen molar-refractivity contribution in [2.24, 2.45) is 0 Å². The second-order valence-electron chi connectivity index (χ2n) is 4.03. The van der Waals surface area contributed by atoms with Crippen molar-refractivity contribution in [3.63, 3.8) is 0 Å². The van der Waals surface area contributed by atoms with Crippen LogP contribution in [0, 0.1) is 0 Å². The van der Waals surface area contributed by atoms with Crippen molar-refractivity contribution in [1.82, 2.24) is 4.90 Å². The summed E-state index contributed by atoms with van der Waals surface area (Å²) < 4.78 is 0. The van der Waals surface area contributed by atoms with Crippen molar-refractivity contribution in [3.8, 4) is 0 Å². The minimum Gasteiger partial charge on any atom is -0.392 e. The van der Waals surface area contributed by atoms with E-state index in [1.54, 1.807) is 11.8 Å².